The maximum Gasteiger partial charge on any atom is 0.227 e. The van der Waals surface area contributed by atoms with Gasteiger partial charge in [0.15, 0.2) is 0 Å². The molecule has 0 spiro atoms. The fraction of sp³-hybridized carbons (Fsp3) is 0.562. The average molecular weight is 297 g/mol. The zero-order chi connectivity index (χ0) is 13.7. The molecule has 20 heavy (non-hydrogen) atoms. The van der Waals surface area contributed by atoms with Gasteiger partial charge in [-0.05, 0) is 57.8 Å². The molecule has 1 aromatic rings. The van der Waals surface area contributed by atoms with E-state index in [2.05, 4.69) is 24.4 Å². The van der Waals surface area contributed by atoms with Gasteiger partial charge in [0.05, 0.1) is 0 Å². The number of nitrogens with zero attached hydrogens (tertiary/aromatic N) is 1. The van der Waals surface area contributed by atoms with Crippen molar-refractivity contribution in [3.63, 3.8) is 0 Å². The first-order valence-electron chi connectivity index (χ1n) is 7.28. The first-order chi connectivity index (χ1) is 9.20. The fourth-order valence-electron chi connectivity index (χ4n) is 2.67. The molecule has 0 aromatic heterocycles. The van der Waals surface area contributed by atoms with E-state index in [0.717, 1.165) is 38.2 Å². The first kappa shape index (κ1) is 17.0. The Balaban J connectivity index is 0.00000200. The fourth-order valence-corrected chi connectivity index (χ4v) is 2.67. The van der Waals surface area contributed by atoms with E-state index in [9.17, 15) is 4.79 Å². The number of carbonyl (C=O) groups is 1. The van der Waals surface area contributed by atoms with Crippen molar-refractivity contribution in [2.24, 2.45) is 5.92 Å². The van der Waals surface area contributed by atoms with Crippen LogP contribution < -0.4 is 10.2 Å². The molecule has 2 rings (SSSR count). The lowest BCUT2D eigenvalue weighted by atomic mass is 9.94. The van der Waals surface area contributed by atoms with Crippen LogP contribution >= 0.6 is 12.4 Å². The summed E-state index contributed by atoms with van der Waals surface area (Å²) in [6.07, 6.45) is 2.93. The minimum atomic E-state index is 0. The van der Waals surface area contributed by atoms with Crippen LogP contribution in [-0.4, -0.2) is 25.5 Å². The van der Waals surface area contributed by atoms with Crippen molar-refractivity contribution in [1.82, 2.24) is 5.32 Å². The summed E-state index contributed by atoms with van der Waals surface area (Å²) in [6, 6.07) is 8.21. The lowest BCUT2D eigenvalue weighted by Crippen LogP contribution is -2.35. The summed E-state index contributed by atoms with van der Waals surface area (Å²) in [6.45, 7) is 6.95. The second-order valence-corrected chi connectivity index (χ2v) is 5.37. The van der Waals surface area contributed by atoms with Crippen molar-refractivity contribution in [2.75, 3.05) is 24.5 Å². The van der Waals surface area contributed by atoms with Crippen LogP contribution in [0.2, 0.25) is 0 Å². The van der Waals surface area contributed by atoms with Crippen molar-refractivity contribution < 1.29 is 4.79 Å². The Bertz CT molecular complexity index is 413. The van der Waals surface area contributed by atoms with Gasteiger partial charge in [-0.1, -0.05) is 17.7 Å². The van der Waals surface area contributed by atoms with Crippen LogP contribution in [0.25, 0.3) is 0 Å². The molecule has 0 unspecified atom stereocenters. The van der Waals surface area contributed by atoms with E-state index in [-0.39, 0.29) is 18.3 Å². The summed E-state index contributed by atoms with van der Waals surface area (Å²) in [5.74, 6) is 0.812. The van der Waals surface area contributed by atoms with Crippen LogP contribution in [0.4, 0.5) is 5.69 Å². The molecule has 1 heterocycles. The van der Waals surface area contributed by atoms with Crippen molar-refractivity contribution in [3.8, 4) is 0 Å². The number of rotatable bonds is 4. The predicted octanol–water partition coefficient (Wildman–Crippen LogP) is 3.16. The second-order valence-electron chi connectivity index (χ2n) is 5.37. The van der Waals surface area contributed by atoms with Crippen molar-refractivity contribution in [3.05, 3.63) is 29.8 Å². The molecule has 0 saturated carbocycles. The molecule has 3 nitrogen and oxygen atoms in total. The minimum Gasteiger partial charge on any atom is -0.317 e. The first-order valence-corrected chi connectivity index (χ1v) is 7.28. The number of halogens is 1. The van der Waals surface area contributed by atoms with Gasteiger partial charge < -0.3 is 10.2 Å². The summed E-state index contributed by atoms with van der Waals surface area (Å²) < 4.78 is 0. The molecular weight excluding hydrogens is 272 g/mol. The zero-order valence-electron chi connectivity index (χ0n) is 12.4. The molecule has 0 bridgehead atoms. The lowest BCUT2D eigenvalue weighted by molar-refractivity contribution is -0.119. The highest BCUT2D eigenvalue weighted by atomic mass is 35.5. The van der Waals surface area contributed by atoms with Gasteiger partial charge >= 0.3 is 0 Å². The third-order valence-electron chi connectivity index (χ3n) is 3.88. The molecule has 112 valence electrons. The number of hydrogen-bond donors (Lipinski definition) is 1. The highest BCUT2D eigenvalue weighted by molar-refractivity contribution is 5.93. The Morgan fingerprint density at radius 3 is 2.40 bits per heavy atom. The summed E-state index contributed by atoms with van der Waals surface area (Å²) in [4.78, 5) is 14.3. The summed E-state index contributed by atoms with van der Waals surface area (Å²) in [5.41, 5.74) is 2.25. The monoisotopic (exact) mass is 296 g/mol. The topological polar surface area (TPSA) is 32.3 Å². The van der Waals surface area contributed by atoms with Crippen LogP contribution in [0.5, 0.6) is 0 Å². The normalized spacial score (nSPS) is 15.5. The van der Waals surface area contributed by atoms with Crippen LogP contribution in [0, 0.1) is 12.8 Å². The molecule has 1 fully saturated rings. The summed E-state index contributed by atoms with van der Waals surface area (Å²) in [5, 5.41) is 3.34. The Hall–Kier alpha value is -1.06. The van der Waals surface area contributed by atoms with Gasteiger partial charge in [-0.25, -0.2) is 0 Å². The Labute approximate surface area is 128 Å². The average Bonchev–Trinajstić information content (AvgIpc) is 2.43. The van der Waals surface area contributed by atoms with E-state index >= 15 is 0 Å². The quantitative estimate of drug-likeness (QED) is 0.926. The number of aryl methyl sites for hydroxylation is 1. The molecule has 0 aliphatic carbocycles. The number of amides is 1. The van der Waals surface area contributed by atoms with Crippen LogP contribution in [0.1, 0.15) is 31.7 Å². The number of anilines is 1. The van der Waals surface area contributed by atoms with E-state index in [1.807, 2.05) is 24.0 Å². The van der Waals surface area contributed by atoms with Gasteiger partial charge in [0.2, 0.25) is 5.91 Å². The second kappa shape index (κ2) is 8.28. The number of carbonyl (C=O) groups excluding carboxylic acids is 1. The van der Waals surface area contributed by atoms with E-state index in [1.54, 1.807) is 0 Å². The SMILES string of the molecule is CCN(C(=O)CC1CCNCC1)c1ccc(C)cc1.Cl. The Kier molecular flexibility index (Phi) is 7.03. The smallest absolute Gasteiger partial charge is 0.227 e. The van der Waals surface area contributed by atoms with E-state index < -0.39 is 0 Å². The van der Waals surface area contributed by atoms with Crippen molar-refractivity contribution in [1.29, 1.82) is 0 Å². The standard InChI is InChI=1S/C16H24N2O.ClH/c1-3-18(15-6-4-13(2)5-7-15)16(19)12-14-8-10-17-11-9-14;/h4-7,14,17H,3,8-12H2,1-2H3;1H. The molecule has 1 saturated heterocycles. The summed E-state index contributed by atoms with van der Waals surface area (Å²) >= 11 is 0. The predicted molar refractivity (Wildman–Crippen MR) is 86.7 cm³/mol. The van der Waals surface area contributed by atoms with Crippen molar-refractivity contribution in [2.45, 2.75) is 33.1 Å². The molecule has 1 aliphatic heterocycles. The number of nitrogens with one attached hydrogen (secondary N) is 1. The minimum absolute atomic E-state index is 0. The zero-order valence-corrected chi connectivity index (χ0v) is 13.2. The van der Waals surface area contributed by atoms with Crippen LogP contribution in [0.3, 0.4) is 0 Å². The largest absolute Gasteiger partial charge is 0.317 e. The molecule has 1 amide bonds. The third kappa shape index (κ3) is 4.50. The molecule has 0 atom stereocenters. The molecule has 1 N–H and O–H groups in total. The summed E-state index contributed by atoms with van der Waals surface area (Å²) in [7, 11) is 0. The highest BCUT2D eigenvalue weighted by Crippen LogP contribution is 2.21. The Morgan fingerprint density at radius 2 is 1.85 bits per heavy atom. The van der Waals surface area contributed by atoms with Gasteiger partial charge in [0, 0.05) is 18.7 Å². The molecule has 1 aromatic carbocycles. The molecule has 1 aliphatic rings. The third-order valence-corrected chi connectivity index (χ3v) is 3.88. The van der Waals surface area contributed by atoms with Crippen molar-refractivity contribution >= 4 is 24.0 Å². The molecular formula is C16H25ClN2O. The maximum atomic E-state index is 12.4. The van der Waals surface area contributed by atoms with E-state index in [1.165, 1.54) is 5.56 Å². The number of benzene rings is 1. The lowest BCUT2D eigenvalue weighted by Gasteiger charge is -2.26. The molecule has 4 heteroatoms. The van der Waals surface area contributed by atoms with Gasteiger partial charge in [-0.15, -0.1) is 12.4 Å². The molecule has 0 radical (unpaired) electrons. The van der Waals surface area contributed by atoms with Gasteiger partial charge in [-0.3, -0.25) is 4.79 Å². The highest BCUT2D eigenvalue weighted by Gasteiger charge is 2.20. The Morgan fingerprint density at radius 1 is 1.25 bits per heavy atom. The van der Waals surface area contributed by atoms with Crippen LogP contribution in [-0.2, 0) is 4.79 Å². The van der Waals surface area contributed by atoms with Gasteiger partial charge in [0.1, 0.15) is 0 Å². The van der Waals surface area contributed by atoms with Gasteiger partial charge in [-0.2, -0.15) is 0 Å². The maximum absolute atomic E-state index is 12.4. The number of piperidine rings is 1. The van der Waals surface area contributed by atoms with E-state index in [4.69, 9.17) is 0 Å². The van der Waals surface area contributed by atoms with Crippen LogP contribution in [0.15, 0.2) is 24.3 Å². The number of hydrogen-bond acceptors (Lipinski definition) is 2. The van der Waals surface area contributed by atoms with Gasteiger partial charge in [0.25, 0.3) is 0 Å². The van der Waals surface area contributed by atoms with E-state index in [0.29, 0.717) is 12.3 Å².